The van der Waals surface area contributed by atoms with Gasteiger partial charge in [-0.2, -0.15) is 0 Å². The monoisotopic (exact) mass is 350 g/mol. The van der Waals surface area contributed by atoms with Crippen molar-refractivity contribution >= 4 is 39.0 Å². The minimum atomic E-state index is -3.88. The minimum Gasteiger partial charge on any atom is -0.480 e. The molecule has 0 fully saturated rings. The lowest BCUT2D eigenvalue weighted by molar-refractivity contribution is -0.139. The Morgan fingerprint density at radius 2 is 1.95 bits per heavy atom. The molecular formula is C12H8Cl2O6S. The third-order valence-corrected chi connectivity index (χ3v) is 5.21. The van der Waals surface area contributed by atoms with Crippen LogP contribution in [0.25, 0.3) is 0 Å². The van der Waals surface area contributed by atoms with Gasteiger partial charge in [0.1, 0.15) is 21.9 Å². The topological polar surface area (TPSA) is 93.8 Å². The Morgan fingerprint density at radius 1 is 1.24 bits per heavy atom. The van der Waals surface area contributed by atoms with Crippen LogP contribution in [0, 0.1) is 0 Å². The first-order valence-electron chi connectivity index (χ1n) is 5.44. The van der Waals surface area contributed by atoms with Crippen molar-refractivity contribution in [1.82, 2.24) is 0 Å². The summed E-state index contributed by atoms with van der Waals surface area (Å²) in [6.45, 7) is -0.621. The van der Waals surface area contributed by atoms with Crippen molar-refractivity contribution in [1.29, 1.82) is 0 Å². The van der Waals surface area contributed by atoms with Gasteiger partial charge in [0, 0.05) is 0 Å². The quantitative estimate of drug-likeness (QED) is 0.890. The summed E-state index contributed by atoms with van der Waals surface area (Å²) >= 11 is 11.9. The normalized spacial score (nSPS) is 11.3. The number of hydrogen-bond donors (Lipinski definition) is 1. The smallest absolute Gasteiger partial charge is 0.341 e. The van der Waals surface area contributed by atoms with E-state index in [1.54, 1.807) is 0 Å². The van der Waals surface area contributed by atoms with Gasteiger partial charge in [0.2, 0.25) is 9.84 Å². The molecule has 0 aliphatic carbocycles. The number of benzene rings is 1. The summed E-state index contributed by atoms with van der Waals surface area (Å²) in [6.07, 6.45) is 2.28. The van der Waals surface area contributed by atoms with Gasteiger partial charge in [0.25, 0.3) is 0 Å². The van der Waals surface area contributed by atoms with E-state index in [9.17, 15) is 13.2 Å². The fourth-order valence-electron chi connectivity index (χ4n) is 1.50. The Bertz CT molecular complexity index is 767. The van der Waals surface area contributed by atoms with Crippen molar-refractivity contribution in [3.8, 4) is 5.75 Å². The molecule has 1 heterocycles. The van der Waals surface area contributed by atoms with E-state index in [1.165, 1.54) is 24.5 Å². The second-order valence-electron chi connectivity index (χ2n) is 3.83. The molecule has 1 N–H and O–H groups in total. The predicted octanol–water partition coefficient (Wildman–Crippen LogP) is 2.88. The van der Waals surface area contributed by atoms with Crippen LogP contribution in [-0.4, -0.2) is 26.1 Å². The van der Waals surface area contributed by atoms with Gasteiger partial charge in [-0.3, -0.25) is 0 Å². The Kier molecular flexibility index (Phi) is 4.46. The highest BCUT2D eigenvalue weighted by Gasteiger charge is 2.25. The average Bonchev–Trinajstić information content (AvgIpc) is 2.94. The highest BCUT2D eigenvalue weighted by Crippen LogP contribution is 2.38. The van der Waals surface area contributed by atoms with Crippen LogP contribution in [0.2, 0.25) is 10.0 Å². The lowest BCUT2D eigenvalue weighted by Gasteiger charge is -2.10. The van der Waals surface area contributed by atoms with Gasteiger partial charge in [-0.25, -0.2) is 13.2 Å². The zero-order valence-corrected chi connectivity index (χ0v) is 12.6. The van der Waals surface area contributed by atoms with E-state index >= 15 is 0 Å². The first-order chi connectivity index (χ1) is 9.84. The van der Waals surface area contributed by atoms with Gasteiger partial charge in [-0.05, 0) is 18.2 Å². The van der Waals surface area contributed by atoms with E-state index in [-0.39, 0.29) is 25.6 Å². The summed E-state index contributed by atoms with van der Waals surface area (Å²) in [6, 6.07) is 3.70. The van der Waals surface area contributed by atoms with Crippen molar-refractivity contribution in [3.05, 3.63) is 40.8 Å². The summed E-state index contributed by atoms with van der Waals surface area (Å²) in [5, 5.41) is 8.11. The number of rotatable bonds is 5. The van der Waals surface area contributed by atoms with Gasteiger partial charge in [0.05, 0.1) is 16.2 Å². The first kappa shape index (κ1) is 15.7. The molecule has 112 valence electrons. The molecule has 2 rings (SSSR count). The molecule has 6 nitrogen and oxygen atoms in total. The van der Waals surface area contributed by atoms with E-state index < -0.39 is 22.4 Å². The first-order valence-corrected chi connectivity index (χ1v) is 7.68. The SMILES string of the molecule is O=C(O)COc1ccc(S(=O)(=O)c2ccoc2)c(Cl)c1Cl. The molecule has 0 aliphatic heterocycles. The zero-order chi connectivity index (χ0) is 15.6. The molecule has 9 heteroatoms. The lowest BCUT2D eigenvalue weighted by atomic mass is 10.3. The number of aliphatic carboxylic acids is 1. The van der Waals surface area contributed by atoms with Crippen LogP contribution in [0.15, 0.2) is 44.9 Å². The molecule has 2 aromatic rings. The van der Waals surface area contributed by atoms with Crippen LogP contribution >= 0.6 is 23.2 Å². The molecule has 0 bridgehead atoms. The number of halogens is 2. The fourth-order valence-corrected chi connectivity index (χ4v) is 3.50. The molecule has 0 spiro atoms. The summed E-state index contributed by atoms with van der Waals surface area (Å²) < 4.78 is 34.3. The third-order valence-electron chi connectivity index (χ3n) is 2.46. The number of carboxylic acids is 1. The maximum absolute atomic E-state index is 12.3. The maximum atomic E-state index is 12.3. The average molecular weight is 351 g/mol. The number of ether oxygens (including phenoxy) is 1. The molecule has 1 aromatic heterocycles. The van der Waals surface area contributed by atoms with Gasteiger partial charge < -0.3 is 14.3 Å². The van der Waals surface area contributed by atoms with Gasteiger partial charge in [-0.1, -0.05) is 23.2 Å². The Balaban J connectivity index is 2.44. The predicted molar refractivity (Wildman–Crippen MR) is 73.8 cm³/mol. The molecule has 0 amide bonds. The van der Waals surface area contributed by atoms with E-state index in [0.717, 1.165) is 6.26 Å². The largest absolute Gasteiger partial charge is 0.480 e. The third kappa shape index (κ3) is 3.15. The molecule has 0 saturated carbocycles. The molecular weight excluding hydrogens is 343 g/mol. The van der Waals surface area contributed by atoms with Crippen molar-refractivity contribution < 1.29 is 27.5 Å². The van der Waals surface area contributed by atoms with Crippen LogP contribution in [0.4, 0.5) is 0 Å². The lowest BCUT2D eigenvalue weighted by Crippen LogP contribution is -2.10. The molecule has 0 radical (unpaired) electrons. The molecule has 0 saturated heterocycles. The molecule has 21 heavy (non-hydrogen) atoms. The minimum absolute atomic E-state index is 0.0183. The van der Waals surface area contributed by atoms with Crippen molar-refractivity contribution in [3.63, 3.8) is 0 Å². The molecule has 1 aromatic carbocycles. The summed E-state index contributed by atoms with van der Waals surface area (Å²) in [7, 11) is -3.88. The summed E-state index contributed by atoms with van der Waals surface area (Å²) in [4.78, 5) is 10.1. The summed E-state index contributed by atoms with van der Waals surface area (Å²) in [5.41, 5.74) is 0. The van der Waals surface area contributed by atoms with Crippen LogP contribution in [-0.2, 0) is 14.6 Å². The van der Waals surface area contributed by atoms with Crippen LogP contribution in [0.1, 0.15) is 0 Å². The second-order valence-corrected chi connectivity index (χ2v) is 6.51. The van der Waals surface area contributed by atoms with Gasteiger partial charge in [-0.15, -0.1) is 0 Å². The van der Waals surface area contributed by atoms with Crippen LogP contribution in [0.5, 0.6) is 5.75 Å². The number of sulfone groups is 1. The van der Waals surface area contributed by atoms with E-state index in [0.29, 0.717) is 0 Å². The van der Waals surface area contributed by atoms with Crippen molar-refractivity contribution in [2.24, 2.45) is 0 Å². The molecule has 0 unspecified atom stereocenters. The highest BCUT2D eigenvalue weighted by molar-refractivity contribution is 7.91. The molecule has 0 atom stereocenters. The van der Waals surface area contributed by atoms with E-state index in [4.69, 9.17) is 37.5 Å². The number of carboxylic acid groups (broad SMARTS) is 1. The van der Waals surface area contributed by atoms with E-state index in [1.807, 2.05) is 0 Å². The van der Waals surface area contributed by atoms with Gasteiger partial charge in [0.15, 0.2) is 6.61 Å². The van der Waals surface area contributed by atoms with Crippen molar-refractivity contribution in [2.45, 2.75) is 9.79 Å². The Morgan fingerprint density at radius 3 is 2.52 bits per heavy atom. The molecule has 0 aliphatic rings. The summed E-state index contributed by atoms with van der Waals surface area (Å²) in [5.74, 6) is -1.22. The zero-order valence-electron chi connectivity index (χ0n) is 10.2. The Hall–Kier alpha value is -1.70. The second kappa shape index (κ2) is 5.97. The van der Waals surface area contributed by atoms with E-state index in [2.05, 4.69) is 0 Å². The number of hydrogen-bond acceptors (Lipinski definition) is 5. The standard InChI is InChI=1S/C12H8Cl2O6S/c13-11-8(20-6-10(15)16)1-2-9(12(11)14)21(17,18)7-3-4-19-5-7/h1-5H,6H2,(H,15,16). The fraction of sp³-hybridized carbons (Fsp3) is 0.0833. The highest BCUT2D eigenvalue weighted by atomic mass is 35.5. The van der Waals surface area contributed by atoms with Crippen LogP contribution < -0.4 is 4.74 Å². The van der Waals surface area contributed by atoms with Crippen LogP contribution in [0.3, 0.4) is 0 Å². The number of carbonyl (C=O) groups is 1. The maximum Gasteiger partial charge on any atom is 0.341 e. The number of furan rings is 1. The Labute approximate surface area is 129 Å². The van der Waals surface area contributed by atoms with Crippen molar-refractivity contribution in [2.75, 3.05) is 6.61 Å². The van der Waals surface area contributed by atoms with Gasteiger partial charge >= 0.3 is 5.97 Å².